The summed E-state index contributed by atoms with van der Waals surface area (Å²) in [5.41, 5.74) is 2.15. The van der Waals surface area contributed by atoms with E-state index < -0.39 is 0 Å². The quantitative estimate of drug-likeness (QED) is 0.326. The zero-order chi connectivity index (χ0) is 19.5. The molecule has 1 atom stereocenters. The molecule has 0 fully saturated rings. The number of nitriles is 1. The maximum atomic E-state index is 13.2. The molecule has 0 aliphatic carbocycles. The molecule has 0 bridgehead atoms. The van der Waals surface area contributed by atoms with Crippen LogP contribution in [0.1, 0.15) is 11.1 Å². The molecule has 0 saturated heterocycles. The Balaban J connectivity index is 1.92. The van der Waals surface area contributed by atoms with Crippen molar-refractivity contribution < 1.29 is 4.39 Å². The zero-order valence-corrected chi connectivity index (χ0v) is 15.8. The van der Waals surface area contributed by atoms with Gasteiger partial charge in [-0.25, -0.2) is 4.39 Å². The highest BCUT2D eigenvalue weighted by molar-refractivity contribution is 5.81. The van der Waals surface area contributed by atoms with E-state index in [1.54, 1.807) is 6.07 Å². The Morgan fingerprint density at radius 1 is 1.15 bits per heavy atom. The molecule has 0 spiro atoms. The van der Waals surface area contributed by atoms with E-state index in [0.717, 1.165) is 12.0 Å². The first kappa shape index (κ1) is 20.4. The van der Waals surface area contributed by atoms with Crippen molar-refractivity contribution in [1.29, 1.82) is 5.26 Å². The van der Waals surface area contributed by atoms with Gasteiger partial charge in [0.05, 0.1) is 6.54 Å². The Labute approximate surface area is 160 Å². The number of hydrogen-bond donors (Lipinski definition) is 2. The van der Waals surface area contributed by atoms with Crippen molar-refractivity contribution in [3.63, 3.8) is 0 Å². The van der Waals surface area contributed by atoms with Crippen LogP contribution in [0.3, 0.4) is 0 Å². The second-order valence-electron chi connectivity index (χ2n) is 6.54. The van der Waals surface area contributed by atoms with Gasteiger partial charge < -0.3 is 10.2 Å². The zero-order valence-electron chi connectivity index (χ0n) is 15.8. The van der Waals surface area contributed by atoms with Crippen LogP contribution in [0, 0.1) is 17.3 Å². The smallest absolute Gasteiger partial charge is 0.204 e. The minimum Gasteiger partial charge on any atom is -0.355 e. The molecule has 0 amide bonds. The van der Waals surface area contributed by atoms with Gasteiger partial charge in [-0.2, -0.15) is 5.26 Å². The molecule has 2 N–H and O–H groups in total. The average Bonchev–Trinajstić information content (AvgIpc) is 2.65. The summed E-state index contributed by atoms with van der Waals surface area (Å²) >= 11 is 0. The highest BCUT2D eigenvalue weighted by Crippen LogP contribution is 2.07. The Hall–Kier alpha value is -2.91. The van der Waals surface area contributed by atoms with E-state index in [1.807, 2.05) is 44.6 Å². The normalized spacial score (nSPS) is 12.5. The number of nitrogens with one attached hydrogen (secondary N) is 2. The molecule has 0 unspecified atom stereocenters. The van der Waals surface area contributed by atoms with Crippen molar-refractivity contribution >= 4 is 5.96 Å². The van der Waals surface area contributed by atoms with Gasteiger partial charge in [0.25, 0.3) is 0 Å². The summed E-state index contributed by atoms with van der Waals surface area (Å²) in [5.74, 6) is 0.195. The van der Waals surface area contributed by atoms with Gasteiger partial charge in [-0.05, 0) is 50.2 Å². The first-order chi connectivity index (χ1) is 13.1. The van der Waals surface area contributed by atoms with Gasteiger partial charge in [0.15, 0.2) is 6.19 Å². The van der Waals surface area contributed by atoms with Crippen molar-refractivity contribution in [3.05, 3.63) is 71.5 Å². The topological polar surface area (TPSA) is 63.5 Å². The highest BCUT2D eigenvalue weighted by Gasteiger charge is 2.12. The van der Waals surface area contributed by atoms with Crippen LogP contribution in [-0.2, 0) is 12.8 Å². The summed E-state index contributed by atoms with van der Waals surface area (Å²) in [6.07, 6.45) is 3.43. The molecule has 2 aromatic carbocycles. The van der Waals surface area contributed by atoms with Gasteiger partial charge in [-0.1, -0.05) is 42.5 Å². The molecule has 27 heavy (non-hydrogen) atoms. The third kappa shape index (κ3) is 7.47. The lowest BCUT2D eigenvalue weighted by atomic mass is 10.1. The van der Waals surface area contributed by atoms with Gasteiger partial charge in [0, 0.05) is 12.6 Å². The number of hydrogen-bond acceptors (Lipinski definition) is 3. The van der Waals surface area contributed by atoms with Gasteiger partial charge in [0.2, 0.25) is 5.96 Å². The molecule has 2 rings (SSSR count). The van der Waals surface area contributed by atoms with E-state index in [0.29, 0.717) is 25.5 Å². The van der Waals surface area contributed by atoms with E-state index in [4.69, 9.17) is 5.26 Å². The van der Waals surface area contributed by atoms with Crippen LogP contribution in [0.15, 0.2) is 59.6 Å². The molecule has 5 nitrogen and oxygen atoms in total. The Bertz CT molecular complexity index is 768. The number of nitrogens with zero attached hydrogens (tertiary/aromatic N) is 3. The first-order valence-corrected chi connectivity index (χ1v) is 8.96. The summed E-state index contributed by atoms with van der Waals surface area (Å²) in [6.45, 7) is 1.11. The fourth-order valence-electron chi connectivity index (χ4n) is 2.70. The van der Waals surface area contributed by atoms with E-state index in [2.05, 4.69) is 32.7 Å². The Kier molecular flexibility index (Phi) is 8.27. The van der Waals surface area contributed by atoms with E-state index >= 15 is 0 Å². The first-order valence-electron chi connectivity index (χ1n) is 8.96. The molecule has 0 aliphatic rings. The standard InChI is InChI=1S/C21H26FN5/c1-27(2)20(14-17-7-4-3-5-8-17)15-25-21(26-16-23)24-12-11-18-9-6-10-19(22)13-18/h3-10,13,20H,11-12,14-15H2,1-2H3,(H2,24,25,26)/t20-/m0/s1. The Morgan fingerprint density at radius 2 is 1.89 bits per heavy atom. The van der Waals surface area contributed by atoms with Crippen LogP contribution < -0.4 is 10.6 Å². The second-order valence-corrected chi connectivity index (χ2v) is 6.54. The lowest BCUT2D eigenvalue weighted by Crippen LogP contribution is -2.38. The van der Waals surface area contributed by atoms with Crippen LogP contribution in [0.2, 0.25) is 0 Å². The third-order valence-corrected chi connectivity index (χ3v) is 4.27. The van der Waals surface area contributed by atoms with Crippen LogP contribution in [0.5, 0.6) is 0 Å². The van der Waals surface area contributed by atoms with E-state index in [-0.39, 0.29) is 11.9 Å². The number of benzene rings is 2. The number of aliphatic imine (C=N–C) groups is 1. The third-order valence-electron chi connectivity index (χ3n) is 4.27. The summed E-state index contributed by atoms with van der Waals surface area (Å²) in [5, 5.41) is 14.7. The molecule has 142 valence electrons. The highest BCUT2D eigenvalue weighted by atomic mass is 19.1. The largest absolute Gasteiger partial charge is 0.355 e. The minimum atomic E-state index is -0.244. The van der Waals surface area contributed by atoms with Crippen LogP contribution in [-0.4, -0.2) is 44.1 Å². The van der Waals surface area contributed by atoms with Crippen molar-refractivity contribution in [2.45, 2.75) is 18.9 Å². The lowest BCUT2D eigenvalue weighted by molar-refractivity contribution is 0.298. The van der Waals surface area contributed by atoms with Gasteiger partial charge >= 0.3 is 0 Å². The molecule has 0 aliphatic heterocycles. The molecular weight excluding hydrogens is 341 g/mol. The predicted molar refractivity (Wildman–Crippen MR) is 107 cm³/mol. The fourth-order valence-corrected chi connectivity index (χ4v) is 2.70. The maximum absolute atomic E-state index is 13.2. The number of guanidine groups is 1. The predicted octanol–water partition coefficient (Wildman–Crippen LogP) is 2.56. The molecular formula is C21H26FN5. The molecule has 2 aromatic rings. The number of rotatable bonds is 8. The van der Waals surface area contributed by atoms with Crippen molar-refractivity contribution in [3.8, 4) is 6.19 Å². The lowest BCUT2D eigenvalue weighted by Gasteiger charge is -2.23. The van der Waals surface area contributed by atoms with Gasteiger partial charge in [0.1, 0.15) is 5.82 Å². The van der Waals surface area contributed by atoms with Crippen molar-refractivity contribution in [2.75, 3.05) is 27.2 Å². The summed E-state index contributed by atoms with van der Waals surface area (Å²) < 4.78 is 13.2. The SMILES string of the molecule is CN(C)[C@H](CN=C(NC#N)NCCc1cccc(F)c1)Cc1ccccc1. The van der Waals surface area contributed by atoms with E-state index in [1.165, 1.54) is 17.7 Å². The average molecular weight is 367 g/mol. The van der Waals surface area contributed by atoms with Gasteiger partial charge in [-0.15, -0.1) is 0 Å². The van der Waals surface area contributed by atoms with Crippen LogP contribution in [0.25, 0.3) is 0 Å². The Morgan fingerprint density at radius 3 is 2.56 bits per heavy atom. The molecule has 0 saturated carbocycles. The molecule has 6 heteroatoms. The van der Waals surface area contributed by atoms with Crippen LogP contribution in [0.4, 0.5) is 4.39 Å². The van der Waals surface area contributed by atoms with Crippen molar-refractivity contribution in [2.24, 2.45) is 4.99 Å². The second kappa shape index (κ2) is 10.9. The van der Waals surface area contributed by atoms with Crippen LogP contribution >= 0.6 is 0 Å². The maximum Gasteiger partial charge on any atom is 0.204 e. The van der Waals surface area contributed by atoms with E-state index in [9.17, 15) is 4.39 Å². The monoisotopic (exact) mass is 367 g/mol. The number of likely N-dealkylation sites (N-methyl/N-ethyl adjacent to an activating group) is 1. The molecule has 0 aromatic heterocycles. The summed E-state index contributed by atoms with van der Waals surface area (Å²) in [4.78, 5) is 6.67. The summed E-state index contributed by atoms with van der Waals surface area (Å²) in [7, 11) is 4.05. The summed E-state index contributed by atoms with van der Waals surface area (Å²) in [6, 6.07) is 17.0. The fraction of sp³-hybridized carbons (Fsp3) is 0.333. The molecule has 0 radical (unpaired) electrons. The van der Waals surface area contributed by atoms with Gasteiger partial charge in [-0.3, -0.25) is 10.3 Å². The molecule has 0 heterocycles. The van der Waals surface area contributed by atoms with Crippen molar-refractivity contribution in [1.82, 2.24) is 15.5 Å². The minimum absolute atomic E-state index is 0.216. The number of halogens is 1.